The Morgan fingerprint density at radius 1 is 0.797 bits per heavy atom. The number of methoxy groups -OCH3 is 1. The van der Waals surface area contributed by atoms with Crippen molar-refractivity contribution in [3.63, 3.8) is 0 Å². The van der Waals surface area contributed by atoms with Crippen LogP contribution in [-0.4, -0.2) is 100 Å². The number of carbonyl (C=O) groups is 4. The first-order valence-electron chi connectivity index (χ1n) is 21.3. The number of likely N-dealkylation sites (tertiary alicyclic amines) is 1. The van der Waals surface area contributed by atoms with Gasteiger partial charge in [-0.2, -0.15) is 0 Å². The fourth-order valence-corrected chi connectivity index (χ4v) is 10.3. The van der Waals surface area contributed by atoms with Gasteiger partial charge in [0, 0.05) is 38.0 Å². The third kappa shape index (κ3) is 10.2. The van der Waals surface area contributed by atoms with Crippen molar-refractivity contribution in [1.29, 1.82) is 0 Å². The van der Waals surface area contributed by atoms with E-state index >= 15 is 0 Å². The molecule has 12 nitrogen and oxygen atoms in total. The molecule has 4 amide bonds. The van der Waals surface area contributed by atoms with Crippen LogP contribution in [0.2, 0.25) is 0 Å². The lowest BCUT2D eigenvalue weighted by Gasteiger charge is -2.38. The molecule has 3 aromatic rings. The topological polar surface area (TPSA) is 143 Å². The van der Waals surface area contributed by atoms with Crippen molar-refractivity contribution in [2.24, 2.45) is 11.8 Å². The van der Waals surface area contributed by atoms with E-state index in [1.54, 1.807) is 24.3 Å². The number of anilines is 1. The smallest absolute Gasteiger partial charge is 0.262 e. The summed E-state index contributed by atoms with van der Waals surface area (Å²) in [6.07, 6.45) is 10.9. The quantitative estimate of drug-likeness (QED) is 0.129. The van der Waals surface area contributed by atoms with E-state index in [0.717, 1.165) is 80.2 Å². The van der Waals surface area contributed by atoms with Crippen molar-refractivity contribution < 1.29 is 37.1 Å². The predicted octanol–water partition coefficient (Wildman–Crippen LogP) is 6.34. The molecular formula is C46H58N4O8S. The van der Waals surface area contributed by atoms with Crippen LogP contribution in [0, 0.1) is 11.8 Å². The van der Waals surface area contributed by atoms with Crippen LogP contribution < -0.4 is 19.7 Å². The molecule has 0 saturated carbocycles. The molecule has 1 unspecified atom stereocenters. The van der Waals surface area contributed by atoms with Crippen molar-refractivity contribution in [1.82, 2.24) is 15.1 Å². The minimum atomic E-state index is -3.58. The van der Waals surface area contributed by atoms with Gasteiger partial charge in [-0.05, 0) is 130 Å². The number of fused-ring (bicyclic) bond motifs is 1. The number of aryl methyl sites for hydroxylation is 1. The minimum absolute atomic E-state index is 0.184. The highest BCUT2D eigenvalue weighted by Crippen LogP contribution is 2.37. The van der Waals surface area contributed by atoms with E-state index in [-0.39, 0.29) is 17.7 Å². The number of nitrogens with one attached hydrogen (secondary N) is 1. The summed E-state index contributed by atoms with van der Waals surface area (Å²) < 4.78 is 36.3. The van der Waals surface area contributed by atoms with Gasteiger partial charge in [0.05, 0.1) is 42.6 Å². The molecule has 4 aliphatic rings. The largest absolute Gasteiger partial charge is 0.493 e. The number of carbonyl (C=O) groups excluding carboxylic acids is 4. The first-order valence-corrected chi connectivity index (χ1v) is 23.4. The number of nitrogens with zero attached hydrogens (tertiary/aromatic N) is 3. The lowest BCUT2D eigenvalue weighted by Crippen LogP contribution is -2.41. The average molecular weight is 827 g/mol. The molecule has 4 heterocycles. The van der Waals surface area contributed by atoms with Crippen molar-refractivity contribution in [3.05, 3.63) is 88.5 Å². The number of rotatable bonds is 16. The van der Waals surface area contributed by atoms with Crippen molar-refractivity contribution in [3.8, 4) is 11.5 Å². The summed E-state index contributed by atoms with van der Waals surface area (Å²) in [5.41, 5.74) is 4.28. The Balaban J connectivity index is 0.843. The van der Waals surface area contributed by atoms with Gasteiger partial charge in [-0.3, -0.25) is 29.4 Å². The second-order valence-corrected chi connectivity index (χ2v) is 19.0. The van der Waals surface area contributed by atoms with E-state index < -0.39 is 33.4 Å². The molecule has 0 spiro atoms. The van der Waals surface area contributed by atoms with Crippen LogP contribution in [-0.2, 0) is 25.8 Å². The number of unbranched alkanes of at least 4 members (excludes halogenated alkanes) is 1. The summed E-state index contributed by atoms with van der Waals surface area (Å²) in [4.78, 5) is 57.6. The predicted molar refractivity (Wildman–Crippen MR) is 227 cm³/mol. The van der Waals surface area contributed by atoms with E-state index in [2.05, 4.69) is 27.2 Å². The molecule has 2 atom stereocenters. The van der Waals surface area contributed by atoms with Crippen LogP contribution in [0.4, 0.5) is 5.69 Å². The van der Waals surface area contributed by atoms with Gasteiger partial charge in [0.15, 0.2) is 11.5 Å². The lowest BCUT2D eigenvalue weighted by molar-refractivity contribution is -0.134. The van der Waals surface area contributed by atoms with Gasteiger partial charge in [-0.25, -0.2) is 8.42 Å². The van der Waals surface area contributed by atoms with Gasteiger partial charge in [0.2, 0.25) is 11.8 Å². The van der Waals surface area contributed by atoms with Crippen LogP contribution in [0.1, 0.15) is 114 Å². The maximum Gasteiger partial charge on any atom is 0.262 e. The highest BCUT2D eigenvalue weighted by Gasteiger charge is 2.42. The molecule has 59 heavy (non-hydrogen) atoms. The number of hydrogen-bond acceptors (Lipinski definition) is 10. The second-order valence-electron chi connectivity index (χ2n) is 16.8. The van der Waals surface area contributed by atoms with Gasteiger partial charge < -0.3 is 19.3 Å². The SMILES string of the molecule is CCOc1cc([C@@H](CS(C)(=O)=O)N2C(=O)c3ccc(CCCCC4CCN(CC5CCN(c6ccc(C7CCC(=O)NC7=O)cc6)CC5)CC4)cc3C2=O)ccc1OC. The standard InChI is InChI=1S/C46H58N4O8S/c1-4-58-42-28-35(12-17-41(42)57-2)40(30-59(3,55)56)50-45(53)38-15-9-32(27-39(38)46(50)54)8-6-5-7-31-19-23-48(24-20-31)29-33-21-25-49(26-22-33)36-13-10-34(11-14-36)37-16-18-43(51)47-44(37)52/h9-15,17,27-28,31,33,37,40H,4-8,16,18-26,29-30H2,1-3H3,(H,47,51,52)/t37?,40-/m1/s1. The van der Waals surface area contributed by atoms with E-state index in [0.29, 0.717) is 53.6 Å². The zero-order valence-corrected chi connectivity index (χ0v) is 35.4. The molecule has 3 fully saturated rings. The van der Waals surface area contributed by atoms with Crippen molar-refractivity contribution >= 4 is 39.2 Å². The minimum Gasteiger partial charge on any atom is -0.493 e. The first kappa shape index (κ1) is 42.4. The Morgan fingerprint density at radius 2 is 1.51 bits per heavy atom. The molecule has 316 valence electrons. The van der Waals surface area contributed by atoms with E-state index in [9.17, 15) is 27.6 Å². The van der Waals surface area contributed by atoms with Gasteiger partial charge >= 0.3 is 0 Å². The fraction of sp³-hybridized carbons (Fsp3) is 0.522. The number of benzene rings is 3. The molecule has 1 N–H and O–H groups in total. The van der Waals surface area contributed by atoms with Gasteiger partial charge in [-0.1, -0.05) is 37.1 Å². The highest BCUT2D eigenvalue weighted by atomic mass is 32.2. The molecular weight excluding hydrogens is 769 g/mol. The second kappa shape index (κ2) is 18.7. The lowest BCUT2D eigenvalue weighted by atomic mass is 9.89. The van der Waals surface area contributed by atoms with Crippen LogP contribution in [0.15, 0.2) is 60.7 Å². The Morgan fingerprint density at radius 3 is 2.19 bits per heavy atom. The third-order valence-electron chi connectivity index (χ3n) is 12.7. The molecule has 3 saturated heterocycles. The fourth-order valence-electron chi connectivity index (χ4n) is 9.41. The Bertz CT molecular complexity index is 2120. The van der Waals surface area contributed by atoms with Crippen LogP contribution in [0.25, 0.3) is 0 Å². The summed E-state index contributed by atoms with van der Waals surface area (Å²) >= 11 is 0. The van der Waals surface area contributed by atoms with Gasteiger partial charge in [0.25, 0.3) is 11.8 Å². The maximum absolute atomic E-state index is 13.9. The Kier molecular flexibility index (Phi) is 13.4. The third-order valence-corrected chi connectivity index (χ3v) is 13.6. The van der Waals surface area contributed by atoms with Crippen LogP contribution in [0.3, 0.4) is 0 Å². The maximum atomic E-state index is 13.9. The molecule has 0 aromatic heterocycles. The Hall–Kier alpha value is -4.75. The summed E-state index contributed by atoms with van der Waals surface area (Å²) in [6.45, 7) is 7.72. The molecule has 7 rings (SSSR count). The molecule has 4 aliphatic heterocycles. The van der Waals surface area contributed by atoms with Crippen LogP contribution >= 0.6 is 0 Å². The number of piperidine rings is 3. The number of hydrogen-bond donors (Lipinski definition) is 1. The number of ether oxygens (including phenoxy) is 2. The molecule has 0 aliphatic carbocycles. The summed E-state index contributed by atoms with van der Waals surface area (Å²) in [5, 5.41) is 2.46. The summed E-state index contributed by atoms with van der Waals surface area (Å²) in [6, 6.07) is 17.8. The van der Waals surface area contributed by atoms with E-state index in [1.807, 2.05) is 31.2 Å². The van der Waals surface area contributed by atoms with Gasteiger partial charge in [-0.15, -0.1) is 0 Å². The number of imide groups is 2. The van der Waals surface area contributed by atoms with Crippen LogP contribution in [0.5, 0.6) is 11.5 Å². The van der Waals surface area contributed by atoms with Crippen molar-refractivity contribution in [2.75, 3.05) is 63.3 Å². The monoisotopic (exact) mass is 826 g/mol. The summed E-state index contributed by atoms with van der Waals surface area (Å²) in [5.74, 6) is 0.309. The molecule has 13 heteroatoms. The zero-order chi connectivity index (χ0) is 41.7. The normalized spacial score (nSPS) is 20.2. The number of sulfone groups is 1. The molecule has 0 bridgehead atoms. The number of amides is 4. The average Bonchev–Trinajstić information content (AvgIpc) is 3.47. The zero-order valence-electron chi connectivity index (χ0n) is 34.6. The summed E-state index contributed by atoms with van der Waals surface area (Å²) in [7, 11) is -2.06. The first-order chi connectivity index (χ1) is 28.4. The molecule has 0 radical (unpaired) electrons. The van der Waals surface area contributed by atoms with Crippen molar-refractivity contribution in [2.45, 2.75) is 83.1 Å². The molecule has 3 aromatic carbocycles. The highest BCUT2D eigenvalue weighted by molar-refractivity contribution is 7.90. The Labute approximate surface area is 348 Å². The van der Waals surface area contributed by atoms with E-state index in [4.69, 9.17) is 9.47 Å². The van der Waals surface area contributed by atoms with Gasteiger partial charge in [0.1, 0.15) is 9.84 Å². The van der Waals surface area contributed by atoms with E-state index in [1.165, 1.54) is 44.9 Å².